The predicted molar refractivity (Wildman–Crippen MR) is 94.5 cm³/mol. The molecule has 0 aliphatic heterocycles. The average Bonchev–Trinajstić information content (AvgIpc) is 2.64. The summed E-state index contributed by atoms with van der Waals surface area (Å²) >= 11 is 0. The highest BCUT2D eigenvalue weighted by molar-refractivity contribution is 5.94. The molecule has 2 aromatic carbocycles. The van der Waals surface area contributed by atoms with Crippen molar-refractivity contribution in [2.24, 2.45) is 0 Å². The van der Waals surface area contributed by atoms with Gasteiger partial charge in [0, 0.05) is 6.54 Å². The van der Waals surface area contributed by atoms with Gasteiger partial charge in [0.1, 0.15) is 18.1 Å². The summed E-state index contributed by atoms with van der Waals surface area (Å²) in [6.07, 6.45) is 0.802. The lowest BCUT2D eigenvalue weighted by atomic mass is 10.2. The van der Waals surface area contributed by atoms with Crippen molar-refractivity contribution in [3.63, 3.8) is 0 Å². The lowest BCUT2D eigenvalue weighted by Gasteiger charge is -2.09. The molecule has 2 aromatic rings. The quantitative estimate of drug-likeness (QED) is 0.773. The molecule has 6 heteroatoms. The molecule has 2 rings (SSSR count). The summed E-state index contributed by atoms with van der Waals surface area (Å²) in [6.45, 7) is 2.70. The summed E-state index contributed by atoms with van der Waals surface area (Å²) in [5, 5.41) is 4.75. The van der Waals surface area contributed by atoms with E-state index in [1.54, 1.807) is 24.3 Å². The van der Waals surface area contributed by atoms with Crippen molar-refractivity contribution < 1.29 is 19.1 Å². The molecule has 0 bridgehead atoms. The van der Waals surface area contributed by atoms with Gasteiger partial charge in [-0.2, -0.15) is 0 Å². The number of carbonyl (C=O) groups is 2. The monoisotopic (exact) mass is 342 g/mol. The van der Waals surface area contributed by atoms with Gasteiger partial charge in [0.05, 0.1) is 0 Å². The molecule has 2 N–H and O–H groups in total. The maximum Gasteiger partial charge on any atom is 0.321 e. The molecule has 0 saturated carbocycles. The predicted octanol–water partition coefficient (Wildman–Crippen LogP) is 2.88. The van der Waals surface area contributed by atoms with E-state index in [4.69, 9.17) is 9.47 Å². The van der Waals surface area contributed by atoms with Crippen molar-refractivity contribution in [2.45, 2.75) is 20.0 Å². The third-order valence-electron chi connectivity index (χ3n) is 3.23. The van der Waals surface area contributed by atoms with Gasteiger partial charge in [0.2, 0.25) is 0 Å². The molecule has 0 aromatic heterocycles. The zero-order chi connectivity index (χ0) is 17.9. The Bertz CT molecular complexity index is 672. The van der Waals surface area contributed by atoms with E-state index in [1.807, 2.05) is 37.3 Å². The van der Waals surface area contributed by atoms with Gasteiger partial charge >= 0.3 is 6.03 Å². The summed E-state index contributed by atoms with van der Waals surface area (Å²) in [4.78, 5) is 22.9. The number of hydrogen-bond acceptors (Lipinski definition) is 4. The van der Waals surface area contributed by atoms with E-state index >= 15 is 0 Å². The Morgan fingerprint density at radius 1 is 0.920 bits per heavy atom. The van der Waals surface area contributed by atoms with E-state index < -0.39 is 11.9 Å². The molecule has 0 aliphatic carbocycles. The minimum absolute atomic E-state index is 0.232. The van der Waals surface area contributed by atoms with E-state index in [9.17, 15) is 9.59 Å². The molecule has 0 spiro atoms. The van der Waals surface area contributed by atoms with Crippen molar-refractivity contribution >= 4 is 11.9 Å². The summed E-state index contributed by atoms with van der Waals surface area (Å²) < 4.78 is 11.0. The van der Waals surface area contributed by atoms with Gasteiger partial charge in [-0.05, 0) is 36.2 Å². The SMILES string of the molecule is CCCNC(=O)NC(=O)COc1ccc(OCc2ccccc2)cc1. The van der Waals surface area contributed by atoms with Gasteiger partial charge in [-0.25, -0.2) is 4.79 Å². The molecule has 25 heavy (non-hydrogen) atoms. The van der Waals surface area contributed by atoms with E-state index in [-0.39, 0.29) is 6.61 Å². The van der Waals surface area contributed by atoms with E-state index in [2.05, 4.69) is 10.6 Å². The van der Waals surface area contributed by atoms with Crippen LogP contribution in [0.15, 0.2) is 54.6 Å². The first kappa shape index (κ1) is 18.3. The summed E-state index contributed by atoms with van der Waals surface area (Å²) in [7, 11) is 0. The van der Waals surface area contributed by atoms with Gasteiger partial charge in [-0.15, -0.1) is 0 Å². The van der Waals surface area contributed by atoms with E-state index in [0.29, 0.717) is 24.7 Å². The van der Waals surface area contributed by atoms with Crippen LogP contribution in [0.2, 0.25) is 0 Å². The zero-order valence-electron chi connectivity index (χ0n) is 14.2. The maximum absolute atomic E-state index is 11.6. The highest BCUT2D eigenvalue weighted by Crippen LogP contribution is 2.18. The second kappa shape index (κ2) is 9.97. The first-order valence-electron chi connectivity index (χ1n) is 8.14. The molecule has 0 radical (unpaired) electrons. The van der Waals surface area contributed by atoms with Crippen LogP contribution in [0.25, 0.3) is 0 Å². The van der Waals surface area contributed by atoms with Crippen LogP contribution in [-0.4, -0.2) is 25.1 Å². The number of ether oxygens (including phenoxy) is 2. The van der Waals surface area contributed by atoms with Crippen molar-refractivity contribution in [3.8, 4) is 11.5 Å². The Morgan fingerprint density at radius 3 is 2.20 bits per heavy atom. The molecule has 3 amide bonds. The molecular weight excluding hydrogens is 320 g/mol. The van der Waals surface area contributed by atoms with Gasteiger partial charge in [0.25, 0.3) is 5.91 Å². The largest absolute Gasteiger partial charge is 0.489 e. The smallest absolute Gasteiger partial charge is 0.321 e. The van der Waals surface area contributed by atoms with Crippen molar-refractivity contribution in [3.05, 3.63) is 60.2 Å². The van der Waals surface area contributed by atoms with Crippen LogP contribution in [0.3, 0.4) is 0 Å². The van der Waals surface area contributed by atoms with Crippen molar-refractivity contribution in [1.82, 2.24) is 10.6 Å². The fourth-order valence-electron chi connectivity index (χ4n) is 1.97. The first-order chi connectivity index (χ1) is 12.2. The molecule has 0 heterocycles. The molecule has 0 unspecified atom stereocenters. The zero-order valence-corrected chi connectivity index (χ0v) is 14.2. The number of imide groups is 1. The Labute approximate surface area is 147 Å². The van der Waals surface area contributed by atoms with Gasteiger partial charge in [0.15, 0.2) is 6.61 Å². The van der Waals surface area contributed by atoms with Crippen LogP contribution in [0.4, 0.5) is 4.79 Å². The van der Waals surface area contributed by atoms with Crippen LogP contribution in [0, 0.1) is 0 Å². The van der Waals surface area contributed by atoms with Gasteiger partial charge in [-0.3, -0.25) is 10.1 Å². The van der Waals surface area contributed by atoms with Gasteiger partial charge in [-0.1, -0.05) is 37.3 Å². The number of hydrogen-bond donors (Lipinski definition) is 2. The minimum atomic E-state index is -0.514. The maximum atomic E-state index is 11.6. The van der Waals surface area contributed by atoms with Crippen molar-refractivity contribution in [1.29, 1.82) is 0 Å². The second-order valence-electron chi connectivity index (χ2n) is 5.34. The normalized spacial score (nSPS) is 9.96. The second-order valence-corrected chi connectivity index (χ2v) is 5.34. The number of rotatable bonds is 8. The highest BCUT2D eigenvalue weighted by Gasteiger charge is 2.07. The summed E-state index contributed by atoms with van der Waals surface area (Å²) in [5.41, 5.74) is 1.08. The number of amides is 3. The summed E-state index contributed by atoms with van der Waals surface area (Å²) in [6, 6.07) is 16.3. The average molecular weight is 342 g/mol. The first-order valence-corrected chi connectivity index (χ1v) is 8.14. The number of carbonyl (C=O) groups excluding carboxylic acids is 2. The third kappa shape index (κ3) is 6.95. The molecule has 0 saturated heterocycles. The van der Waals surface area contributed by atoms with Crippen LogP contribution in [-0.2, 0) is 11.4 Å². The number of benzene rings is 2. The van der Waals surface area contributed by atoms with Crippen LogP contribution in [0.1, 0.15) is 18.9 Å². The van der Waals surface area contributed by atoms with Crippen LogP contribution >= 0.6 is 0 Å². The molecular formula is C19H22N2O4. The Balaban J connectivity index is 1.72. The Hall–Kier alpha value is -3.02. The van der Waals surface area contributed by atoms with E-state index in [1.165, 1.54) is 0 Å². The fourth-order valence-corrected chi connectivity index (χ4v) is 1.97. The molecule has 132 valence electrons. The van der Waals surface area contributed by atoms with Gasteiger partial charge < -0.3 is 14.8 Å². The molecule has 0 aliphatic rings. The lowest BCUT2D eigenvalue weighted by Crippen LogP contribution is -2.41. The fraction of sp³-hybridized carbons (Fsp3) is 0.263. The highest BCUT2D eigenvalue weighted by atomic mass is 16.5. The molecule has 0 fully saturated rings. The van der Waals surface area contributed by atoms with Crippen LogP contribution in [0.5, 0.6) is 11.5 Å². The van der Waals surface area contributed by atoms with Crippen LogP contribution < -0.4 is 20.1 Å². The third-order valence-corrected chi connectivity index (χ3v) is 3.23. The Morgan fingerprint density at radius 2 is 1.56 bits per heavy atom. The molecule has 6 nitrogen and oxygen atoms in total. The molecule has 0 atom stereocenters. The lowest BCUT2D eigenvalue weighted by molar-refractivity contribution is -0.122. The van der Waals surface area contributed by atoms with Crippen molar-refractivity contribution in [2.75, 3.05) is 13.2 Å². The number of urea groups is 1. The number of nitrogens with one attached hydrogen (secondary N) is 2. The minimum Gasteiger partial charge on any atom is -0.489 e. The standard InChI is InChI=1S/C19H22N2O4/c1-2-12-20-19(23)21-18(22)14-25-17-10-8-16(9-11-17)24-13-15-6-4-3-5-7-15/h3-11H,2,12-14H2,1H3,(H2,20,21,22,23). The van der Waals surface area contributed by atoms with E-state index in [0.717, 1.165) is 12.0 Å². The summed E-state index contributed by atoms with van der Waals surface area (Å²) in [5.74, 6) is 0.730. The Kier molecular flexibility index (Phi) is 7.31. The topological polar surface area (TPSA) is 76.7 Å².